The molecule has 0 atom stereocenters. The molecule has 0 unspecified atom stereocenters. The van der Waals surface area contributed by atoms with Crippen molar-refractivity contribution < 1.29 is 9.18 Å². The van der Waals surface area contributed by atoms with Gasteiger partial charge in [0, 0.05) is 5.56 Å². The predicted molar refractivity (Wildman–Crippen MR) is 77.9 cm³/mol. The topological polar surface area (TPSA) is 41.5 Å². The molecular formula is C14H9Cl2FN2O. The third-order valence-corrected chi connectivity index (χ3v) is 3.14. The Bertz CT molecular complexity index is 654. The molecule has 0 radical (unpaired) electrons. The van der Waals surface area contributed by atoms with Gasteiger partial charge >= 0.3 is 0 Å². The van der Waals surface area contributed by atoms with E-state index in [2.05, 4.69) is 10.5 Å². The number of nitrogens with zero attached hydrogens (tertiary/aromatic N) is 1. The van der Waals surface area contributed by atoms with Crippen LogP contribution in [0.4, 0.5) is 4.39 Å². The molecule has 6 heteroatoms. The molecule has 2 aromatic carbocycles. The number of halogens is 3. The summed E-state index contributed by atoms with van der Waals surface area (Å²) in [5.41, 5.74) is 2.60. The zero-order valence-electron chi connectivity index (χ0n) is 10.1. The van der Waals surface area contributed by atoms with Gasteiger partial charge < -0.3 is 0 Å². The van der Waals surface area contributed by atoms with E-state index < -0.39 is 11.7 Å². The van der Waals surface area contributed by atoms with Gasteiger partial charge in [0.25, 0.3) is 5.91 Å². The first-order valence-corrected chi connectivity index (χ1v) is 6.37. The molecule has 0 aliphatic rings. The van der Waals surface area contributed by atoms with Crippen molar-refractivity contribution in [2.75, 3.05) is 0 Å². The Hall–Kier alpha value is -1.91. The molecule has 0 aliphatic heterocycles. The summed E-state index contributed by atoms with van der Waals surface area (Å²) in [4.78, 5) is 11.7. The fourth-order valence-electron chi connectivity index (χ4n) is 1.50. The molecule has 0 heterocycles. The summed E-state index contributed by atoms with van der Waals surface area (Å²) in [5.74, 6) is -1.27. The monoisotopic (exact) mass is 310 g/mol. The molecule has 0 spiro atoms. The van der Waals surface area contributed by atoms with Crippen molar-refractivity contribution in [3.8, 4) is 0 Å². The van der Waals surface area contributed by atoms with Gasteiger partial charge in [0.05, 0.1) is 21.8 Å². The third-order valence-electron chi connectivity index (χ3n) is 2.48. The number of benzene rings is 2. The second kappa shape index (κ2) is 6.50. The van der Waals surface area contributed by atoms with E-state index in [1.165, 1.54) is 24.4 Å². The van der Waals surface area contributed by atoms with Gasteiger partial charge in [-0.15, -0.1) is 0 Å². The van der Waals surface area contributed by atoms with Crippen LogP contribution < -0.4 is 5.43 Å². The zero-order valence-corrected chi connectivity index (χ0v) is 11.6. The first-order chi connectivity index (χ1) is 9.59. The van der Waals surface area contributed by atoms with Gasteiger partial charge in [-0.25, -0.2) is 9.82 Å². The zero-order chi connectivity index (χ0) is 14.5. The highest BCUT2D eigenvalue weighted by molar-refractivity contribution is 6.38. The maximum atomic E-state index is 13.4. The molecule has 1 N–H and O–H groups in total. The van der Waals surface area contributed by atoms with Gasteiger partial charge in [-0.05, 0) is 24.3 Å². The van der Waals surface area contributed by atoms with Gasteiger partial charge in [0.15, 0.2) is 0 Å². The first kappa shape index (κ1) is 14.5. The summed E-state index contributed by atoms with van der Waals surface area (Å²) in [7, 11) is 0. The van der Waals surface area contributed by atoms with Gasteiger partial charge in [0.2, 0.25) is 0 Å². The lowest BCUT2D eigenvalue weighted by Gasteiger charge is -2.02. The number of nitrogens with one attached hydrogen (secondary N) is 1. The summed E-state index contributed by atoms with van der Waals surface area (Å²) in [5, 5.41) is 4.53. The van der Waals surface area contributed by atoms with E-state index >= 15 is 0 Å². The molecule has 0 saturated heterocycles. The second-order valence-electron chi connectivity index (χ2n) is 3.81. The smallest absolute Gasteiger partial charge is 0.267 e. The van der Waals surface area contributed by atoms with E-state index in [9.17, 15) is 9.18 Å². The number of hydrogen-bond acceptors (Lipinski definition) is 2. The van der Waals surface area contributed by atoms with Crippen LogP contribution in [0.25, 0.3) is 0 Å². The molecule has 0 fully saturated rings. The third kappa shape index (κ3) is 3.35. The molecule has 0 aliphatic carbocycles. The molecule has 0 aromatic heterocycles. The van der Waals surface area contributed by atoms with Crippen molar-refractivity contribution in [1.29, 1.82) is 0 Å². The molecule has 0 saturated carbocycles. The highest BCUT2D eigenvalue weighted by Crippen LogP contribution is 2.22. The van der Waals surface area contributed by atoms with Crippen LogP contribution in [0.3, 0.4) is 0 Å². The van der Waals surface area contributed by atoms with Crippen LogP contribution in [0.5, 0.6) is 0 Å². The number of carbonyl (C=O) groups excluding carboxylic acids is 1. The Morgan fingerprint density at radius 3 is 2.40 bits per heavy atom. The van der Waals surface area contributed by atoms with Crippen molar-refractivity contribution >= 4 is 35.3 Å². The van der Waals surface area contributed by atoms with Gasteiger partial charge in [-0.3, -0.25) is 4.79 Å². The van der Waals surface area contributed by atoms with E-state index in [1.54, 1.807) is 24.3 Å². The SMILES string of the molecule is O=C(N/N=C/c1c(Cl)cccc1Cl)c1ccccc1F. The number of rotatable bonds is 3. The number of hydrogen-bond donors (Lipinski definition) is 1. The Kier molecular flexibility index (Phi) is 4.71. The van der Waals surface area contributed by atoms with Crippen LogP contribution in [-0.2, 0) is 0 Å². The van der Waals surface area contributed by atoms with Crippen LogP contribution in [0.15, 0.2) is 47.6 Å². The van der Waals surface area contributed by atoms with Gasteiger partial charge in [-0.2, -0.15) is 5.10 Å². The second-order valence-corrected chi connectivity index (χ2v) is 4.63. The summed E-state index contributed by atoms with van der Waals surface area (Å²) < 4.78 is 13.4. The Morgan fingerprint density at radius 2 is 1.75 bits per heavy atom. The first-order valence-electron chi connectivity index (χ1n) is 5.61. The number of amides is 1. The Morgan fingerprint density at radius 1 is 1.10 bits per heavy atom. The van der Waals surface area contributed by atoms with Crippen molar-refractivity contribution in [3.63, 3.8) is 0 Å². The molecular weight excluding hydrogens is 302 g/mol. The van der Waals surface area contributed by atoms with Crippen LogP contribution in [0, 0.1) is 5.82 Å². The number of carbonyl (C=O) groups is 1. The van der Waals surface area contributed by atoms with Crippen molar-refractivity contribution in [3.05, 3.63) is 69.5 Å². The van der Waals surface area contributed by atoms with Gasteiger partial charge in [0.1, 0.15) is 5.82 Å². The standard InChI is InChI=1S/C14H9Cl2FN2O/c15-11-5-3-6-12(16)10(11)8-18-19-14(20)9-4-1-2-7-13(9)17/h1-8H,(H,19,20)/b18-8+. The number of hydrazone groups is 1. The largest absolute Gasteiger partial charge is 0.274 e. The lowest BCUT2D eigenvalue weighted by atomic mass is 10.2. The minimum atomic E-state index is -0.650. The minimum Gasteiger partial charge on any atom is -0.267 e. The summed E-state index contributed by atoms with van der Waals surface area (Å²) in [6, 6.07) is 10.6. The molecule has 20 heavy (non-hydrogen) atoms. The molecule has 3 nitrogen and oxygen atoms in total. The Balaban J connectivity index is 2.11. The maximum Gasteiger partial charge on any atom is 0.274 e. The lowest BCUT2D eigenvalue weighted by Crippen LogP contribution is -2.19. The molecule has 1 amide bonds. The van der Waals surface area contributed by atoms with E-state index in [1.807, 2.05) is 0 Å². The van der Waals surface area contributed by atoms with E-state index in [4.69, 9.17) is 23.2 Å². The predicted octanol–water partition coefficient (Wildman–Crippen LogP) is 3.90. The maximum absolute atomic E-state index is 13.4. The molecule has 2 aromatic rings. The van der Waals surface area contributed by atoms with Crippen molar-refractivity contribution in [2.24, 2.45) is 5.10 Å². The van der Waals surface area contributed by atoms with E-state index in [0.717, 1.165) is 0 Å². The van der Waals surface area contributed by atoms with Crippen LogP contribution in [0.1, 0.15) is 15.9 Å². The lowest BCUT2D eigenvalue weighted by molar-refractivity contribution is 0.0951. The normalized spacial score (nSPS) is 10.8. The fraction of sp³-hybridized carbons (Fsp3) is 0. The highest BCUT2D eigenvalue weighted by atomic mass is 35.5. The molecule has 0 bridgehead atoms. The summed E-state index contributed by atoms with van der Waals surface area (Å²) in [6.07, 6.45) is 1.31. The van der Waals surface area contributed by atoms with Crippen LogP contribution in [0.2, 0.25) is 10.0 Å². The van der Waals surface area contributed by atoms with Crippen LogP contribution >= 0.6 is 23.2 Å². The van der Waals surface area contributed by atoms with Crippen molar-refractivity contribution in [2.45, 2.75) is 0 Å². The highest BCUT2D eigenvalue weighted by Gasteiger charge is 2.09. The van der Waals surface area contributed by atoms with E-state index in [-0.39, 0.29) is 5.56 Å². The minimum absolute atomic E-state index is 0.0881. The average Bonchev–Trinajstić information content (AvgIpc) is 2.42. The Labute approximate surface area is 125 Å². The van der Waals surface area contributed by atoms with E-state index in [0.29, 0.717) is 15.6 Å². The van der Waals surface area contributed by atoms with Crippen LogP contribution in [-0.4, -0.2) is 12.1 Å². The molecule has 102 valence electrons. The fourth-order valence-corrected chi connectivity index (χ4v) is 1.99. The quantitative estimate of drug-likeness (QED) is 0.678. The summed E-state index contributed by atoms with van der Waals surface area (Å²) in [6.45, 7) is 0. The van der Waals surface area contributed by atoms with Gasteiger partial charge in [-0.1, -0.05) is 41.4 Å². The average molecular weight is 311 g/mol. The van der Waals surface area contributed by atoms with Crippen molar-refractivity contribution in [1.82, 2.24) is 5.43 Å². The molecule has 2 rings (SSSR count). The summed E-state index contributed by atoms with van der Waals surface area (Å²) >= 11 is 11.9.